The van der Waals surface area contributed by atoms with Gasteiger partial charge in [-0.15, -0.1) is 0 Å². The van der Waals surface area contributed by atoms with Gasteiger partial charge in [-0.2, -0.15) is 0 Å². The average molecular weight is 388 g/mol. The topological polar surface area (TPSA) is 82.9 Å². The van der Waals surface area contributed by atoms with Crippen molar-refractivity contribution in [3.63, 3.8) is 0 Å². The van der Waals surface area contributed by atoms with Crippen molar-refractivity contribution in [1.29, 1.82) is 0 Å². The Morgan fingerprint density at radius 1 is 1.18 bits per heavy atom. The maximum atomic E-state index is 13.3. The van der Waals surface area contributed by atoms with Gasteiger partial charge in [0.05, 0.1) is 26.2 Å². The number of nitrogens with zero attached hydrogens (tertiary/aromatic N) is 4. The number of carbonyl (C=O) groups excluding carboxylic acids is 2. The largest absolute Gasteiger partial charge is 0.330 e. The van der Waals surface area contributed by atoms with Crippen molar-refractivity contribution >= 4 is 17.9 Å². The predicted octanol–water partition coefficient (Wildman–Crippen LogP) is 0.276. The van der Waals surface area contributed by atoms with Crippen molar-refractivity contribution in [2.45, 2.75) is 45.6 Å². The quantitative estimate of drug-likeness (QED) is 0.728. The van der Waals surface area contributed by atoms with E-state index in [-0.39, 0.29) is 17.4 Å². The van der Waals surface area contributed by atoms with Gasteiger partial charge >= 0.3 is 6.03 Å². The molecule has 152 valence electrons. The van der Waals surface area contributed by atoms with Gasteiger partial charge in [0.15, 0.2) is 6.67 Å². The third-order valence-electron chi connectivity index (χ3n) is 6.31. The lowest BCUT2D eigenvalue weighted by atomic mass is 9.64. The molecule has 8 nitrogen and oxygen atoms in total. The maximum Gasteiger partial charge on any atom is 0.329 e. The van der Waals surface area contributed by atoms with Gasteiger partial charge in [-0.1, -0.05) is 20.8 Å². The van der Waals surface area contributed by atoms with Crippen LogP contribution in [-0.4, -0.2) is 65.2 Å². The summed E-state index contributed by atoms with van der Waals surface area (Å²) in [6.07, 6.45) is 6.06. The van der Waals surface area contributed by atoms with Gasteiger partial charge in [0.1, 0.15) is 5.54 Å². The normalized spacial score (nSPS) is 30.8. The maximum absolute atomic E-state index is 13.3. The first-order valence-electron chi connectivity index (χ1n) is 10.3. The van der Waals surface area contributed by atoms with Crippen molar-refractivity contribution in [3.8, 4) is 0 Å². The van der Waals surface area contributed by atoms with Crippen LogP contribution in [0, 0.1) is 11.3 Å². The number of rotatable bonds is 3. The van der Waals surface area contributed by atoms with Gasteiger partial charge < -0.3 is 15.1 Å². The molecule has 0 unspecified atom stereocenters. The second-order valence-corrected chi connectivity index (χ2v) is 9.54. The molecule has 0 aromatic carbocycles. The van der Waals surface area contributed by atoms with E-state index in [0.29, 0.717) is 12.6 Å². The first-order valence-corrected chi connectivity index (χ1v) is 10.3. The van der Waals surface area contributed by atoms with E-state index >= 15 is 0 Å². The molecule has 1 aromatic heterocycles. The lowest BCUT2D eigenvalue weighted by Gasteiger charge is -2.43. The van der Waals surface area contributed by atoms with Crippen LogP contribution in [0.2, 0.25) is 0 Å². The van der Waals surface area contributed by atoms with E-state index in [9.17, 15) is 9.59 Å². The smallest absolute Gasteiger partial charge is 0.329 e. The molecule has 1 saturated carbocycles. The zero-order valence-corrected chi connectivity index (χ0v) is 17.1. The average Bonchev–Trinajstić information content (AvgIpc) is 2.85. The minimum absolute atomic E-state index is 0.0292. The van der Waals surface area contributed by atoms with Crippen LogP contribution in [0.4, 0.5) is 10.7 Å². The molecule has 3 aliphatic rings. The Morgan fingerprint density at radius 2 is 1.86 bits per heavy atom. The van der Waals surface area contributed by atoms with Crippen LogP contribution >= 0.6 is 0 Å². The van der Waals surface area contributed by atoms with Crippen LogP contribution in [-0.2, 0) is 4.79 Å². The number of amides is 3. The Bertz CT molecular complexity index is 746. The van der Waals surface area contributed by atoms with Crippen LogP contribution in [0.25, 0.3) is 0 Å². The molecule has 1 aromatic rings. The molecule has 3 amide bonds. The molecule has 3 fully saturated rings. The summed E-state index contributed by atoms with van der Waals surface area (Å²) in [5.74, 6) is 1.14. The molecule has 2 atom stereocenters. The summed E-state index contributed by atoms with van der Waals surface area (Å²) in [5.41, 5.74) is -0.651. The number of imide groups is 1. The third-order valence-corrected chi connectivity index (χ3v) is 6.31. The number of quaternary nitrogens is 1. The van der Waals surface area contributed by atoms with Crippen LogP contribution < -0.4 is 15.1 Å². The van der Waals surface area contributed by atoms with Crippen LogP contribution in [0.15, 0.2) is 18.5 Å². The van der Waals surface area contributed by atoms with E-state index < -0.39 is 5.54 Å². The third kappa shape index (κ3) is 3.57. The van der Waals surface area contributed by atoms with E-state index in [0.717, 1.165) is 51.4 Å². The molecular weight excluding hydrogens is 356 g/mol. The highest BCUT2D eigenvalue weighted by atomic mass is 16.2. The molecule has 0 radical (unpaired) electrons. The number of nitrogens with one attached hydrogen (secondary N) is 2. The minimum atomic E-state index is -0.711. The number of carbonyl (C=O) groups is 2. The highest BCUT2D eigenvalue weighted by molar-refractivity contribution is 6.07. The van der Waals surface area contributed by atoms with Crippen molar-refractivity contribution in [1.82, 2.24) is 20.2 Å². The molecular formula is C20H31N6O2+. The Labute approximate surface area is 166 Å². The van der Waals surface area contributed by atoms with Crippen molar-refractivity contribution in [2.24, 2.45) is 11.3 Å². The number of hydrogen-bond acceptors (Lipinski definition) is 5. The number of piperazine rings is 1. The second-order valence-electron chi connectivity index (χ2n) is 9.54. The molecule has 28 heavy (non-hydrogen) atoms. The van der Waals surface area contributed by atoms with E-state index in [4.69, 9.17) is 0 Å². The summed E-state index contributed by atoms with van der Waals surface area (Å²) in [7, 11) is 0. The lowest BCUT2D eigenvalue weighted by molar-refractivity contribution is -0.907. The SMILES string of the molecule is C[C@H]1CC(C)(C)C[C@]2(C1)NC(=O)N(C[NH+]1CCN(c3ncccn3)CC1)C2=O. The van der Waals surface area contributed by atoms with Crippen LogP contribution in [0.3, 0.4) is 0 Å². The fraction of sp³-hybridized carbons (Fsp3) is 0.700. The first-order chi connectivity index (χ1) is 13.3. The fourth-order valence-corrected chi connectivity index (χ4v) is 5.51. The molecule has 0 bridgehead atoms. The molecule has 1 spiro atoms. The Balaban J connectivity index is 1.39. The summed E-state index contributed by atoms with van der Waals surface area (Å²) >= 11 is 0. The predicted molar refractivity (Wildman–Crippen MR) is 105 cm³/mol. The fourth-order valence-electron chi connectivity index (χ4n) is 5.51. The van der Waals surface area contributed by atoms with Crippen molar-refractivity contribution in [3.05, 3.63) is 18.5 Å². The van der Waals surface area contributed by atoms with E-state index in [1.165, 1.54) is 9.80 Å². The van der Waals surface area contributed by atoms with Gasteiger partial charge in [-0.05, 0) is 36.7 Å². The molecule has 4 rings (SSSR count). The highest BCUT2D eigenvalue weighted by Crippen LogP contribution is 2.46. The van der Waals surface area contributed by atoms with Gasteiger partial charge in [0, 0.05) is 12.4 Å². The zero-order valence-electron chi connectivity index (χ0n) is 17.1. The number of aromatic nitrogens is 2. The van der Waals surface area contributed by atoms with E-state index in [2.05, 4.69) is 41.0 Å². The lowest BCUT2D eigenvalue weighted by Crippen LogP contribution is -3.16. The summed E-state index contributed by atoms with van der Waals surface area (Å²) in [6.45, 7) is 10.3. The zero-order chi connectivity index (χ0) is 19.9. The van der Waals surface area contributed by atoms with Gasteiger partial charge in [-0.25, -0.2) is 19.7 Å². The molecule has 2 saturated heterocycles. The number of urea groups is 1. The summed E-state index contributed by atoms with van der Waals surface area (Å²) in [5, 5.41) is 3.07. The molecule has 8 heteroatoms. The Hall–Kier alpha value is -2.22. The Morgan fingerprint density at radius 3 is 2.50 bits per heavy atom. The first kappa shape index (κ1) is 19.1. The van der Waals surface area contributed by atoms with Gasteiger partial charge in [0.2, 0.25) is 5.95 Å². The Kier molecular flexibility index (Phi) is 4.77. The van der Waals surface area contributed by atoms with E-state index in [1.54, 1.807) is 12.4 Å². The summed E-state index contributed by atoms with van der Waals surface area (Å²) in [4.78, 5) is 39.4. The second kappa shape index (κ2) is 6.99. The highest BCUT2D eigenvalue weighted by Gasteiger charge is 2.56. The molecule has 2 aliphatic heterocycles. The molecule has 1 aliphatic carbocycles. The van der Waals surface area contributed by atoms with Crippen molar-refractivity contribution in [2.75, 3.05) is 37.7 Å². The van der Waals surface area contributed by atoms with Crippen LogP contribution in [0.5, 0.6) is 0 Å². The summed E-state index contributed by atoms with van der Waals surface area (Å²) < 4.78 is 0. The number of hydrogen-bond donors (Lipinski definition) is 2. The number of anilines is 1. The molecule has 2 N–H and O–H groups in total. The molecule has 3 heterocycles. The minimum Gasteiger partial charge on any atom is -0.330 e. The van der Waals surface area contributed by atoms with E-state index in [1.807, 2.05) is 6.07 Å². The standard InChI is InChI=1S/C20H30N6O2/c1-15-11-19(2,3)13-20(12-15)16(27)26(18(28)23-20)14-24-7-9-25(10-8-24)17-21-5-4-6-22-17/h4-6,15H,7-14H2,1-3H3,(H,23,28)/p+1/t15-,20-/m0/s1. The van der Waals surface area contributed by atoms with Crippen molar-refractivity contribution < 1.29 is 14.5 Å². The summed E-state index contributed by atoms with van der Waals surface area (Å²) in [6, 6.07) is 1.59. The van der Waals surface area contributed by atoms with Gasteiger partial charge in [-0.3, -0.25) is 4.79 Å². The van der Waals surface area contributed by atoms with Crippen LogP contribution in [0.1, 0.15) is 40.0 Å². The monoisotopic (exact) mass is 387 g/mol. The van der Waals surface area contributed by atoms with Gasteiger partial charge in [0.25, 0.3) is 5.91 Å².